The van der Waals surface area contributed by atoms with Gasteiger partial charge in [0.15, 0.2) is 0 Å². The molecule has 0 radical (unpaired) electrons. The molecule has 6 nitrogen and oxygen atoms in total. The predicted molar refractivity (Wildman–Crippen MR) is 113 cm³/mol. The largest absolute Gasteiger partial charge is 0.351 e. The maximum absolute atomic E-state index is 13.9. The first-order chi connectivity index (χ1) is 15.7. The van der Waals surface area contributed by atoms with Crippen molar-refractivity contribution in [1.29, 1.82) is 0 Å². The predicted octanol–water partition coefficient (Wildman–Crippen LogP) is 3.96. The smallest absolute Gasteiger partial charge is 0.273 e. The van der Waals surface area contributed by atoms with E-state index in [1.54, 1.807) is 6.07 Å². The second kappa shape index (κ2) is 10.9. The van der Waals surface area contributed by atoms with E-state index in [-0.39, 0.29) is 44.2 Å². The molecule has 1 aliphatic carbocycles. The van der Waals surface area contributed by atoms with Crippen LogP contribution in [0, 0.1) is 5.82 Å². The number of benzene rings is 1. The molecule has 33 heavy (non-hydrogen) atoms. The van der Waals surface area contributed by atoms with Crippen LogP contribution in [0.15, 0.2) is 43.0 Å². The normalized spacial score (nSPS) is 17.7. The van der Waals surface area contributed by atoms with E-state index in [1.165, 1.54) is 36.9 Å². The number of carbonyl (C=O) groups excluding carboxylic acids is 2. The third-order valence-corrected chi connectivity index (χ3v) is 5.71. The van der Waals surface area contributed by atoms with Crippen molar-refractivity contribution in [2.75, 3.05) is 6.54 Å². The highest BCUT2D eigenvalue weighted by Crippen LogP contribution is 2.33. The molecule has 1 N–H and O–H groups in total. The first-order valence-electron chi connectivity index (χ1n) is 10.4. The molecule has 178 valence electrons. The van der Waals surface area contributed by atoms with Crippen molar-refractivity contribution < 1.29 is 27.2 Å². The average Bonchev–Trinajstić information content (AvgIpc) is 2.78. The van der Waals surface area contributed by atoms with Gasteiger partial charge in [-0.05, 0) is 37.0 Å². The standard InChI is InChI=1S/C22H23ClF4N4O2/c23-19(25)21(33)31(9-6-14-2-1-3-16(24)10-14)18(15-11-28-13-29-12-15)20(32)30-17-4-7-22(26,27)8-5-17/h1-3,10-13,17-19H,4-9H2,(H,30,32)/t18?,19-/m0/s1. The number of hydrogen-bond donors (Lipinski definition) is 1. The molecule has 0 bridgehead atoms. The minimum absolute atomic E-state index is 0.0647. The fourth-order valence-electron chi connectivity index (χ4n) is 3.82. The van der Waals surface area contributed by atoms with E-state index in [4.69, 9.17) is 11.6 Å². The van der Waals surface area contributed by atoms with Crippen LogP contribution >= 0.6 is 11.6 Å². The summed E-state index contributed by atoms with van der Waals surface area (Å²) in [5.41, 5.74) is -1.71. The number of rotatable bonds is 8. The van der Waals surface area contributed by atoms with Crippen LogP contribution in [0.25, 0.3) is 0 Å². The number of carbonyl (C=O) groups is 2. The van der Waals surface area contributed by atoms with Gasteiger partial charge < -0.3 is 10.2 Å². The van der Waals surface area contributed by atoms with Crippen LogP contribution in [0.1, 0.15) is 42.9 Å². The monoisotopic (exact) mass is 486 g/mol. The van der Waals surface area contributed by atoms with E-state index in [2.05, 4.69) is 15.3 Å². The highest BCUT2D eigenvalue weighted by atomic mass is 35.5. The van der Waals surface area contributed by atoms with Gasteiger partial charge in [-0.25, -0.2) is 27.5 Å². The van der Waals surface area contributed by atoms with Crippen LogP contribution in [-0.2, 0) is 16.0 Å². The lowest BCUT2D eigenvalue weighted by molar-refractivity contribution is -0.143. The Bertz CT molecular complexity index is 954. The fourth-order valence-corrected chi connectivity index (χ4v) is 3.95. The van der Waals surface area contributed by atoms with Gasteiger partial charge in [-0.1, -0.05) is 23.7 Å². The number of hydrogen-bond acceptors (Lipinski definition) is 4. The average molecular weight is 487 g/mol. The maximum Gasteiger partial charge on any atom is 0.273 e. The molecule has 2 aromatic rings. The molecular weight excluding hydrogens is 464 g/mol. The van der Waals surface area contributed by atoms with Gasteiger partial charge >= 0.3 is 0 Å². The van der Waals surface area contributed by atoms with Gasteiger partial charge in [0.05, 0.1) is 0 Å². The van der Waals surface area contributed by atoms with Crippen molar-refractivity contribution in [3.8, 4) is 0 Å². The minimum atomic E-state index is -2.78. The number of amides is 2. The lowest BCUT2D eigenvalue weighted by atomic mass is 9.92. The minimum Gasteiger partial charge on any atom is -0.351 e. The Morgan fingerprint density at radius 1 is 1.21 bits per heavy atom. The molecule has 1 heterocycles. The number of nitrogens with zero attached hydrogens (tertiary/aromatic N) is 3. The van der Waals surface area contributed by atoms with E-state index in [1.807, 2.05) is 0 Å². The Morgan fingerprint density at radius 3 is 2.48 bits per heavy atom. The lowest BCUT2D eigenvalue weighted by Gasteiger charge is -2.34. The zero-order chi connectivity index (χ0) is 24.0. The molecule has 1 unspecified atom stereocenters. The molecule has 0 aliphatic heterocycles. The molecule has 3 rings (SSSR count). The highest BCUT2D eigenvalue weighted by Gasteiger charge is 2.39. The Kier molecular flexibility index (Phi) is 8.23. The number of nitrogens with one attached hydrogen (secondary N) is 1. The van der Waals surface area contributed by atoms with Crippen molar-refractivity contribution in [1.82, 2.24) is 20.2 Å². The van der Waals surface area contributed by atoms with Crippen LogP contribution < -0.4 is 5.32 Å². The van der Waals surface area contributed by atoms with E-state index in [9.17, 15) is 27.2 Å². The Morgan fingerprint density at radius 2 is 1.88 bits per heavy atom. The molecule has 11 heteroatoms. The van der Waals surface area contributed by atoms with E-state index >= 15 is 0 Å². The van der Waals surface area contributed by atoms with E-state index in [0.717, 1.165) is 4.90 Å². The van der Waals surface area contributed by atoms with Gasteiger partial charge in [0, 0.05) is 43.4 Å². The molecule has 1 fully saturated rings. The van der Waals surface area contributed by atoms with Crippen molar-refractivity contribution in [2.24, 2.45) is 0 Å². The summed E-state index contributed by atoms with van der Waals surface area (Å²) in [7, 11) is 0. The van der Waals surface area contributed by atoms with Gasteiger partial charge in [0.25, 0.3) is 11.5 Å². The fraction of sp³-hybridized carbons (Fsp3) is 0.455. The number of alkyl halides is 4. The molecule has 2 amide bonds. The SMILES string of the molecule is O=C(NC1CCC(F)(F)CC1)C(c1cncnc1)N(CCc1cccc(F)c1)C(=O)[C@H](F)Cl. The second-order valence-corrected chi connectivity index (χ2v) is 8.31. The third-order valence-electron chi connectivity index (χ3n) is 5.52. The maximum atomic E-state index is 13.9. The summed E-state index contributed by atoms with van der Waals surface area (Å²) in [5.74, 6) is -5.11. The Balaban J connectivity index is 1.85. The highest BCUT2D eigenvalue weighted by molar-refractivity contribution is 6.29. The van der Waals surface area contributed by atoms with Crippen LogP contribution in [0.4, 0.5) is 17.6 Å². The van der Waals surface area contributed by atoms with Crippen molar-refractivity contribution in [2.45, 2.75) is 55.7 Å². The van der Waals surface area contributed by atoms with Gasteiger partial charge in [-0.2, -0.15) is 0 Å². The molecule has 2 atom stereocenters. The summed E-state index contributed by atoms with van der Waals surface area (Å²) < 4.78 is 54.4. The van der Waals surface area contributed by atoms with E-state index in [0.29, 0.717) is 5.56 Å². The first-order valence-corrected chi connectivity index (χ1v) is 10.9. The van der Waals surface area contributed by atoms with Crippen LogP contribution in [0.2, 0.25) is 0 Å². The van der Waals surface area contributed by atoms with Crippen LogP contribution in [-0.4, -0.2) is 50.8 Å². The summed E-state index contributed by atoms with van der Waals surface area (Å²) >= 11 is 5.43. The topological polar surface area (TPSA) is 75.2 Å². The van der Waals surface area contributed by atoms with E-state index < -0.39 is 41.3 Å². The second-order valence-electron chi connectivity index (χ2n) is 7.93. The molecule has 1 aromatic carbocycles. The molecule has 1 aliphatic rings. The third kappa shape index (κ3) is 6.86. The Labute approximate surface area is 193 Å². The summed E-state index contributed by atoms with van der Waals surface area (Å²) in [5, 5.41) is 2.69. The van der Waals surface area contributed by atoms with Crippen molar-refractivity contribution in [3.63, 3.8) is 0 Å². The van der Waals surface area contributed by atoms with Gasteiger partial charge in [-0.15, -0.1) is 0 Å². The molecule has 0 saturated heterocycles. The van der Waals surface area contributed by atoms with Crippen molar-refractivity contribution >= 4 is 23.4 Å². The van der Waals surface area contributed by atoms with Gasteiger partial charge in [0.2, 0.25) is 11.8 Å². The quantitative estimate of drug-likeness (QED) is 0.453. The summed E-state index contributed by atoms with van der Waals surface area (Å²) in [6, 6.07) is 3.76. The molecular formula is C22H23ClF4N4O2. The van der Waals surface area contributed by atoms with Crippen molar-refractivity contribution in [3.05, 3.63) is 59.9 Å². The van der Waals surface area contributed by atoms with Gasteiger partial charge in [0.1, 0.15) is 18.2 Å². The number of aromatic nitrogens is 2. The van der Waals surface area contributed by atoms with Crippen LogP contribution in [0.5, 0.6) is 0 Å². The first kappa shape index (κ1) is 24.9. The van der Waals surface area contributed by atoms with Crippen LogP contribution in [0.3, 0.4) is 0 Å². The lowest BCUT2D eigenvalue weighted by Crippen LogP contribution is -2.49. The summed E-state index contributed by atoms with van der Waals surface area (Å²) in [4.78, 5) is 34.6. The molecule has 0 spiro atoms. The molecule has 1 aromatic heterocycles. The summed E-state index contributed by atoms with van der Waals surface area (Å²) in [6.07, 6.45) is 3.33. The van der Waals surface area contributed by atoms with Gasteiger partial charge in [-0.3, -0.25) is 9.59 Å². The molecule has 1 saturated carbocycles. The summed E-state index contributed by atoms with van der Waals surface area (Å²) in [6.45, 7) is -0.162. The zero-order valence-electron chi connectivity index (χ0n) is 17.6. The number of halogens is 5. The Hall–Kier alpha value is -2.75. The zero-order valence-corrected chi connectivity index (χ0v) is 18.3.